The number of ether oxygens (including phenoxy) is 1. The van der Waals surface area contributed by atoms with E-state index >= 15 is 0 Å². The van der Waals surface area contributed by atoms with Crippen LogP contribution in [0.15, 0.2) is 42.5 Å². The molecule has 0 fully saturated rings. The van der Waals surface area contributed by atoms with Crippen molar-refractivity contribution in [1.29, 1.82) is 0 Å². The largest absolute Gasteiger partial charge is 0.464 e. The molecule has 4 nitrogen and oxygen atoms in total. The summed E-state index contributed by atoms with van der Waals surface area (Å²) in [7, 11) is 1.36. The Morgan fingerprint density at radius 3 is 2.38 bits per heavy atom. The molecule has 3 rings (SSSR count). The van der Waals surface area contributed by atoms with Gasteiger partial charge in [-0.25, -0.2) is 9.78 Å². The molecule has 0 aliphatic rings. The van der Waals surface area contributed by atoms with Crippen LogP contribution in [0.25, 0.3) is 10.9 Å². The summed E-state index contributed by atoms with van der Waals surface area (Å²) in [6, 6.07) is 13.9. The quantitative estimate of drug-likeness (QED) is 0.711. The standard InChI is InChI=1S/C20H20N2O2/c1-12-5-7-16(14(3)9-12)21-18-11-19(20(23)24-4)22-17-8-6-13(2)10-15(17)18/h5-11H,1-4H3,(H,21,22). The van der Waals surface area contributed by atoms with Crippen molar-refractivity contribution in [2.75, 3.05) is 12.4 Å². The van der Waals surface area contributed by atoms with Crippen LogP contribution in [-0.4, -0.2) is 18.1 Å². The van der Waals surface area contributed by atoms with Crippen LogP contribution in [0.5, 0.6) is 0 Å². The predicted molar refractivity (Wildman–Crippen MR) is 97.0 cm³/mol. The van der Waals surface area contributed by atoms with E-state index in [0.717, 1.165) is 33.4 Å². The fourth-order valence-electron chi connectivity index (χ4n) is 2.75. The Balaban J connectivity index is 2.16. The highest BCUT2D eigenvalue weighted by Crippen LogP contribution is 2.29. The highest BCUT2D eigenvalue weighted by atomic mass is 16.5. The molecule has 1 N–H and O–H groups in total. The van der Waals surface area contributed by atoms with E-state index in [2.05, 4.69) is 42.3 Å². The number of pyridine rings is 1. The molecule has 2 aromatic carbocycles. The van der Waals surface area contributed by atoms with Crippen LogP contribution in [0.4, 0.5) is 11.4 Å². The Kier molecular flexibility index (Phi) is 4.21. The first-order valence-corrected chi connectivity index (χ1v) is 7.82. The van der Waals surface area contributed by atoms with Crippen molar-refractivity contribution in [2.45, 2.75) is 20.8 Å². The van der Waals surface area contributed by atoms with Crippen molar-refractivity contribution in [2.24, 2.45) is 0 Å². The smallest absolute Gasteiger partial charge is 0.356 e. The Hall–Kier alpha value is -2.88. The molecule has 3 aromatic rings. The van der Waals surface area contributed by atoms with Crippen molar-refractivity contribution in [3.63, 3.8) is 0 Å². The molecule has 0 aliphatic heterocycles. The van der Waals surface area contributed by atoms with Gasteiger partial charge in [0.2, 0.25) is 0 Å². The maximum Gasteiger partial charge on any atom is 0.356 e. The molecule has 0 aliphatic carbocycles. The summed E-state index contributed by atoms with van der Waals surface area (Å²) in [5.74, 6) is -0.443. The summed E-state index contributed by atoms with van der Waals surface area (Å²) >= 11 is 0. The number of anilines is 2. The molecule has 0 spiro atoms. The van der Waals surface area contributed by atoms with Gasteiger partial charge in [-0.05, 0) is 50.6 Å². The fourth-order valence-corrected chi connectivity index (χ4v) is 2.75. The van der Waals surface area contributed by atoms with Gasteiger partial charge in [0.1, 0.15) is 0 Å². The van der Waals surface area contributed by atoms with Gasteiger partial charge in [-0.1, -0.05) is 29.3 Å². The van der Waals surface area contributed by atoms with Gasteiger partial charge in [0.05, 0.1) is 18.3 Å². The topological polar surface area (TPSA) is 51.2 Å². The number of hydrogen-bond donors (Lipinski definition) is 1. The lowest BCUT2D eigenvalue weighted by Crippen LogP contribution is -2.06. The first kappa shape index (κ1) is 16.0. The SMILES string of the molecule is COC(=O)c1cc(Nc2ccc(C)cc2C)c2cc(C)ccc2n1. The average molecular weight is 320 g/mol. The van der Waals surface area contributed by atoms with Crippen molar-refractivity contribution in [3.8, 4) is 0 Å². The summed E-state index contributed by atoms with van der Waals surface area (Å²) < 4.78 is 4.82. The van der Waals surface area contributed by atoms with Crippen LogP contribution in [0.2, 0.25) is 0 Å². The second-order valence-electron chi connectivity index (χ2n) is 6.01. The number of methoxy groups -OCH3 is 1. The van der Waals surface area contributed by atoms with Gasteiger partial charge >= 0.3 is 5.97 Å². The fraction of sp³-hybridized carbons (Fsp3) is 0.200. The normalized spacial score (nSPS) is 10.7. The lowest BCUT2D eigenvalue weighted by atomic mass is 10.1. The summed E-state index contributed by atoms with van der Waals surface area (Å²) in [6.07, 6.45) is 0. The number of hydrogen-bond acceptors (Lipinski definition) is 4. The molecule has 122 valence electrons. The average Bonchev–Trinajstić information content (AvgIpc) is 2.56. The minimum absolute atomic E-state index is 0.293. The molecule has 0 bridgehead atoms. The Labute approximate surface area is 141 Å². The highest BCUT2D eigenvalue weighted by Gasteiger charge is 2.13. The van der Waals surface area contributed by atoms with Crippen LogP contribution in [0.1, 0.15) is 27.2 Å². The minimum atomic E-state index is -0.443. The van der Waals surface area contributed by atoms with Crippen LogP contribution < -0.4 is 5.32 Å². The molecular formula is C20H20N2O2. The molecular weight excluding hydrogens is 300 g/mol. The minimum Gasteiger partial charge on any atom is -0.464 e. The number of esters is 1. The summed E-state index contributed by atoms with van der Waals surface area (Å²) in [5.41, 5.74) is 6.40. The third-order valence-corrected chi connectivity index (χ3v) is 4.01. The Morgan fingerprint density at radius 2 is 1.67 bits per heavy atom. The maximum absolute atomic E-state index is 11.9. The molecule has 1 heterocycles. The molecule has 1 aromatic heterocycles. The Bertz CT molecular complexity index is 932. The number of carbonyl (C=O) groups excluding carboxylic acids is 1. The lowest BCUT2D eigenvalue weighted by molar-refractivity contribution is 0.0594. The zero-order valence-electron chi connectivity index (χ0n) is 14.3. The van der Waals surface area contributed by atoms with E-state index in [9.17, 15) is 4.79 Å². The number of carbonyl (C=O) groups is 1. The third-order valence-electron chi connectivity index (χ3n) is 4.01. The number of rotatable bonds is 3. The zero-order valence-corrected chi connectivity index (χ0v) is 14.3. The van der Waals surface area contributed by atoms with E-state index in [1.165, 1.54) is 12.7 Å². The Morgan fingerprint density at radius 1 is 0.958 bits per heavy atom. The maximum atomic E-state index is 11.9. The molecule has 0 saturated carbocycles. The van der Waals surface area contributed by atoms with Crippen molar-refractivity contribution >= 4 is 28.2 Å². The van der Waals surface area contributed by atoms with E-state index < -0.39 is 5.97 Å². The molecule has 24 heavy (non-hydrogen) atoms. The summed E-state index contributed by atoms with van der Waals surface area (Å²) in [5, 5.41) is 4.42. The monoisotopic (exact) mass is 320 g/mol. The van der Waals surface area contributed by atoms with E-state index in [-0.39, 0.29) is 0 Å². The van der Waals surface area contributed by atoms with E-state index in [0.29, 0.717) is 5.69 Å². The second-order valence-corrected chi connectivity index (χ2v) is 6.01. The number of nitrogens with one attached hydrogen (secondary N) is 1. The van der Waals surface area contributed by atoms with E-state index in [4.69, 9.17) is 4.74 Å². The van der Waals surface area contributed by atoms with Gasteiger partial charge in [-0.3, -0.25) is 0 Å². The molecule has 4 heteroatoms. The van der Waals surface area contributed by atoms with Crippen molar-refractivity contribution < 1.29 is 9.53 Å². The van der Waals surface area contributed by atoms with Gasteiger partial charge in [0.15, 0.2) is 5.69 Å². The lowest BCUT2D eigenvalue weighted by Gasteiger charge is -2.14. The van der Waals surface area contributed by atoms with Crippen LogP contribution in [-0.2, 0) is 4.74 Å². The van der Waals surface area contributed by atoms with Crippen molar-refractivity contribution in [3.05, 3.63) is 64.8 Å². The van der Waals surface area contributed by atoms with Gasteiger partial charge in [-0.2, -0.15) is 0 Å². The van der Waals surface area contributed by atoms with Gasteiger partial charge < -0.3 is 10.1 Å². The van der Waals surface area contributed by atoms with Gasteiger partial charge in [-0.15, -0.1) is 0 Å². The molecule has 0 saturated heterocycles. The number of aromatic nitrogens is 1. The van der Waals surface area contributed by atoms with E-state index in [1.807, 2.05) is 25.1 Å². The van der Waals surface area contributed by atoms with Gasteiger partial charge in [0.25, 0.3) is 0 Å². The molecule has 0 unspecified atom stereocenters. The van der Waals surface area contributed by atoms with Gasteiger partial charge in [0, 0.05) is 11.1 Å². The number of fused-ring (bicyclic) bond motifs is 1. The number of nitrogens with zero attached hydrogens (tertiary/aromatic N) is 1. The molecule has 0 amide bonds. The van der Waals surface area contributed by atoms with E-state index in [1.54, 1.807) is 6.07 Å². The van der Waals surface area contributed by atoms with Crippen LogP contribution in [0, 0.1) is 20.8 Å². The first-order valence-electron chi connectivity index (χ1n) is 7.82. The third kappa shape index (κ3) is 3.08. The number of benzene rings is 2. The predicted octanol–water partition coefficient (Wildman–Crippen LogP) is 4.69. The molecule has 0 radical (unpaired) electrons. The second kappa shape index (κ2) is 6.32. The highest BCUT2D eigenvalue weighted by molar-refractivity contribution is 5.99. The van der Waals surface area contributed by atoms with Crippen LogP contribution >= 0.6 is 0 Å². The number of aryl methyl sites for hydroxylation is 3. The summed E-state index contributed by atoms with van der Waals surface area (Å²) in [4.78, 5) is 16.3. The zero-order chi connectivity index (χ0) is 17.3. The van der Waals surface area contributed by atoms with Crippen LogP contribution in [0.3, 0.4) is 0 Å². The van der Waals surface area contributed by atoms with Crippen molar-refractivity contribution in [1.82, 2.24) is 4.98 Å². The first-order chi connectivity index (χ1) is 11.5. The molecule has 0 atom stereocenters. The summed E-state index contributed by atoms with van der Waals surface area (Å²) in [6.45, 7) is 6.16.